The lowest BCUT2D eigenvalue weighted by molar-refractivity contribution is -0.130. The average molecular weight is 413 g/mol. The van der Waals surface area contributed by atoms with Crippen LogP contribution in [0.2, 0.25) is 0 Å². The Balaban J connectivity index is 1.40. The second kappa shape index (κ2) is 7.11. The number of benzene rings is 1. The molecule has 3 heterocycles. The van der Waals surface area contributed by atoms with Gasteiger partial charge < -0.3 is 14.8 Å². The van der Waals surface area contributed by atoms with Gasteiger partial charge in [-0.1, -0.05) is 18.2 Å². The van der Waals surface area contributed by atoms with Crippen molar-refractivity contribution in [1.29, 1.82) is 0 Å². The number of hydrogen-bond donors (Lipinski definition) is 1. The van der Waals surface area contributed by atoms with E-state index in [1.807, 2.05) is 35.5 Å². The number of para-hydroxylation sites is 1. The highest BCUT2D eigenvalue weighted by Crippen LogP contribution is 2.23. The van der Waals surface area contributed by atoms with E-state index >= 15 is 0 Å². The number of fused-ring (bicyclic) bond motifs is 1. The molecular weight excluding hydrogens is 392 g/mol. The third-order valence-electron chi connectivity index (χ3n) is 4.97. The molecule has 1 aliphatic rings. The monoisotopic (exact) mass is 412 g/mol. The average Bonchev–Trinajstić information content (AvgIpc) is 3.05. The van der Waals surface area contributed by atoms with Gasteiger partial charge in [0.1, 0.15) is 5.82 Å². The number of carbonyl (C=O) groups excluding carboxylic acids is 1. The molecule has 1 aromatic carbocycles. The normalized spacial score (nSPS) is 14.8. The Morgan fingerprint density at radius 3 is 2.77 bits per heavy atom. The zero-order valence-electron chi connectivity index (χ0n) is 14.7. The summed E-state index contributed by atoms with van der Waals surface area (Å²) >= 11 is 3.46. The SMILES string of the molecule is Cc1cc(Br)cnc1N1CCN(C(=O)Cc2c[nH]c3ccccc23)CC1. The first-order chi connectivity index (χ1) is 12.6. The van der Waals surface area contributed by atoms with Crippen molar-refractivity contribution < 1.29 is 4.79 Å². The largest absolute Gasteiger partial charge is 0.361 e. The number of anilines is 1. The van der Waals surface area contributed by atoms with Crippen molar-refractivity contribution in [2.75, 3.05) is 31.1 Å². The Morgan fingerprint density at radius 2 is 2.00 bits per heavy atom. The summed E-state index contributed by atoms with van der Waals surface area (Å²) in [6.07, 6.45) is 4.23. The minimum atomic E-state index is 0.190. The number of H-pyrrole nitrogens is 1. The van der Waals surface area contributed by atoms with Gasteiger partial charge in [-0.05, 0) is 46.1 Å². The van der Waals surface area contributed by atoms with Gasteiger partial charge in [-0.2, -0.15) is 0 Å². The van der Waals surface area contributed by atoms with E-state index in [0.717, 1.165) is 58.5 Å². The Labute approximate surface area is 161 Å². The Morgan fingerprint density at radius 1 is 1.23 bits per heavy atom. The zero-order chi connectivity index (χ0) is 18.1. The van der Waals surface area contributed by atoms with E-state index in [-0.39, 0.29) is 5.91 Å². The van der Waals surface area contributed by atoms with E-state index < -0.39 is 0 Å². The fraction of sp³-hybridized carbons (Fsp3) is 0.300. The van der Waals surface area contributed by atoms with Crippen molar-refractivity contribution >= 4 is 38.6 Å². The van der Waals surface area contributed by atoms with Crippen LogP contribution in [-0.4, -0.2) is 47.0 Å². The number of piperazine rings is 1. The van der Waals surface area contributed by atoms with Gasteiger partial charge in [0.15, 0.2) is 0 Å². The van der Waals surface area contributed by atoms with Crippen molar-refractivity contribution in [3.8, 4) is 0 Å². The van der Waals surface area contributed by atoms with Crippen LogP contribution in [0.25, 0.3) is 10.9 Å². The summed E-state index contributed by atoms with van der Waals surface area (Å²) in [5.41, 5.74) is 3.30. The second-order valence-corrected chi connectivity index (χ2v) is 7.61. The predicted octanol–water partition coefficient (Wildman–Crippen LogP) is 3.53. The van der Waals surface area contributed by atoms with Crippen LogP contribution in [0.4, 0.5) is 5.82 Å². The molecule has 134 valence electrons. The summed E-state index contributed by atoms with van der Waals surface area (Å²) < 4.78 is 0.992. The van der Waals surface area contributed by atoms with Crippen LogP contribution in [0.15, 0.2) is 47.2 Å². The van der Waals surface area contributed by atoms with E-state index in [2.05, 4.69) is 49.9 Å². The molecule has 0 spiro atoms. The minimum absolute atomic E-state index is 0.190. The van der Waals surface area contributed by atoms with Crippen LogP contribution in [-0.2, 0) is 11.2 Å². The number of amides is 1. The van der Waals surface area contributed by atoms with Crippen LogP contribution in [0, 0.1) is 6.92 Å². The van der Waals surface area contributed by atoms with E-state index in [1.165, 1.54) is 0 Å². The number of pyridine rings is 1. The first-order valence-electron chi connectivity index (χ1n) is 8.81. The molecule has 1 amide bonds. The Hall–Kier alpha value is -2.34. The first kappa shape index (κ1) is 17.1. The minimum Gasteiger partial charge on any atom is -0.361 e. The molecule has 1 fully saturated rings. The van der Waals surface area contributed by atoms with Gasteiger partial charge in [-0.3, -0.25) is 4.79 Å². The molecule has 6 heteroatoms. The van der Waals surface area contributed by atoms with Gasteiger partial charge in [-0.25, -0.2) is 4.98 Å². The lowest BCUT2D eigenvalue weighted by Crippen LogP contribution is -2.49. The molecule has 1 N–H and O–H groups in total. The molecule has 26 heavy (non-hydrogen) atoms. The van der Waals surface area contributed by atoms with Crippen LogP contribution in [0.3, 0.4) is 0 Å². The van der Waals surface area contributed by atoms with Gasteiger partial charge >= 0.3 is 0 Å². The van der Waals surface area contributed by atoms with Crippen LogP contribution in [0.5, 0.6) is 0 Å². The first-order valence-corrected chi connectivity index (χ1v) is 9.61. The lowest BCUT2D eigenvalue weighted by atomic mass is 10.1. The van der Waals surface area contributed by atoms with E-state index in [4.69, 9.17) is 0 Å². The highest BCUT2D eigenvalue weighted by molar-refractivity contribution is 9.10. The van der Waals surface area contributed by atoms with E-state index in [1.54, 1.807) is 0 Å². The summed E-state index contributed by atoms with van der Waals surface area (Å²) in [6, 6.07) is 10.2. The second-order valence-electron chi connectivity index (χ2n) is 6.70. The lowest BCUT2D eigenvalue weighted by Gasteiger charge is -2.36. The standard InChI is InChI=1S/C20H21BrN4O/c1-14-10-16(21)13-23-20(14)25-8-6-24(7-9-25)19(26)11-15-12-22-18-5-3-2-4-17(15)18/h2-5,10,12-13,22H,6-9,11H2,1H3. The molecule has 2 aromatic heterocycles. The highest BCUT2D eigenvalue weighted by Gasteiger charge is 2.23. The summed E-state index contributed by atoms with van der Waals surface area (Å²) in [6.45, 7) is 5.17. The molecule has 4 rings (SSSR count). The number of aromatic amines is 1. The van der Waals surface area contributed by atoms with Crippen molar-refractivity contribution in [2.24, 2.45) is 0 Å². The van der Waals surface area contributed by atoms with Crippen LogP contribution < -0.4 is 4.90 Å². The molecule has 0 aliphatic carbocycles. The van der Waals surface area contributed by atoms with Crippen LogP contribution in [0.1, 0.15) is 11.1 Å². The number of aryl methyl sites for hydroxylation is 1. The number of hydrogen-bond acceptors (Lipinski definition) is 3. The van der Waals surface area contributed by atoms with E-state index in [0.29, 0.717) is 6.42 Å². The third kappa shape index (κ3) is 3.33. The molecule has 0 bridgehead atoms. The fourth-order valence-corrected chi connectivity index (χ4v) is 4.03. The molecule has 0 atom stereocenters. The Kier molecular flexibility index (Phi) is 4.68. The molecule has 1 saturated heterocycles. The molecule has 0 unspecified atom stereocenters. The Bertz CT molecular complexity index is 944. The highest BCUT2D eigenvalue weighted by atomic mass is 79.9. The summed E-state index contributed by atoms with van der Waals surface area (Å²) in [5, 5.41) is 1.13. The van der Waals surface area contributed by atoms with Crippen molar-refractivity contribution in [1.82, 2.24) is 14.9 Å². The van der Waals surface area contributed by atoms with Gasteiger partial charge in [-0.15, -0.1) is 0 Å². The van der Waals surface area contributed by atoms with Gasteiger partial charge in [0, 0.05) is 53.9 Å². The number of aromatic nitrogens is 2. The van der Waals surface area contributed by atoms with Crippen LogP contribution >= 0.6 is 15.9 Å². The maximum atomic E-state index is 12.7. The van der Waals surface area contributed by atoms with Gasteiger partial charge in [0.2, 0.25) is 5.91 Å². The van der Waals surface area contributed by atoms with Gasteiger partial charge in [0.05, 0.1) is 6.42 Å². The topological polar surface area (TPSA) is 52.2 Å². The molecule has 1 aliphatic heterocycles. The quantitative estimate of drug-likeness (QED) is 0.715. The molecule has 5 nitrogen and oxygen atoms in total. The molecule has 3 aromatic rings. The fourth-order valence-electron chi connectivity index (χ4n) is 3.58. The smallest absolute Gasteiger partial charge is 0.227 e. The van der Waals surface area contributed by atoms with Crippen molar-refractivity contribution in [3.63, 3.8) is 0 Å². The third-order valence-corrected chi connectivity index (χ3v) is 5.40. The van der Waals surface area contributed by atoms with Crippen molar-refractivity contribution in [2.45, 2.75) is 13.3 Å². The molecule has 0 radical (unpaired) electrons. The predicted molar refractivity (Wildman–Crippen MR) is 107 cm³/mol. The number of rotatable bonds is 3. The summed E-state index contributed by atoms with van der Waals surface area (Å²) in [7, 11) is 0. The van der Waals surface area contributed by atoms with Crippen molar-refractivity contribution in [3.05, 3.63) is 58.3 Å². The van der Waals surface area contributed by atoms with Gasteiger partial charge in [0.25, 0.3) is 0 Å². The zero-order valence-corrected chi connectivity index (χ0v) is 16.3. The maximum absolute atomic E-state index is 12.7. The number of carbonyl (C=O) groups is 1. The number of nitrogens with zero attached hydrogens (tertiary/aromatic N) is 3. The number of nitrogens with one attached hydrogen (secondary N) is 1. The summed E-state index contributed by atoms with van der Waals surface area (Å²) in [5.74, 6) is 1.20. The number of halogens is 1. The van der Waals surface area contributed by atoms with E-state index in [9.17, 15) is 4.79 Å². The maximum Gasteiger partial charge on any atom is 0.227 e. The summed E-state index contributed by atoms with van der Waals surface area (Å²) in [4.78, 5) is 24.7. The molecular formula is C20H21BrN4O. The molecule has 0 saturated carbocycles.